The maximum atomic E-state index is 10.2. The van der Waals surface area contributed by atoms with Gasteiger partial charge >= 0.3 is 0 Å². The van der Waals surface area contributed by atoms with Gasteiger partial charge in [-0.2, -0.15) is 0 Å². The molecule has 0 aliphatic carbocycles. The molecule has 1 N–H and O–H groups in total. The molecule has 0 aliphatic heterocycles. The number of aromatic hydroxyl groups is 1. The summed E-state index contributed by atoms with van der Waals surface area (Å²) in [4.78, 5) is 8.78. The van der Waals surface area contributed by atoms with Crippen LogP contribution in [0.2, 0.25) is 0 Å². The highest BCUT2D eigenvalue weighted by Crippen LogP contribution is 2.20. The van der Waals surface area contributed by atoms with Gasteiger partial charge < -0.3 is 9.67 Å². The number of aliphatic imine (C=N–C) groups is 1. The molecular formula is C19H19N3O. The van der Waals surface area contributed by atoms with Crippen molar-refractivity contribution >= 4 is 5.71 Å². The number of phenolic OH excluding ortho intramolecular Hbond substituents is 1. The van der Waals surface area contributed by atoms with Crippen LogP contribution >= 0.6 is 0 Å². The van der Waals surface area contributed by atoms with Gasteiger partial charge in [0.05, 0.1) is 12.0 Å². The fourth-order valence-corrected chi connectivity index (χ4v) is 2.47. The first-order chi connectivity index (χ1) is 11.3. The third-order valence-electron chi connectivity index (χ3n) is 3.61. The molecule has 0 spiro atoms. The molecule has 2 aromatic carbocycles. The molecule has 4 heteroatoms. The van der Waals surface area contributed by atoms with E-state index in [0.29, 0.717) is 6.54 Å². The summed E-state index contributed by atoms with van der Waals surface area (Å²) in [5.41, 5.74) is 2.60. The summed E-state index contributed by atoms with van der Waals surface area (Å²) in [6.45, 7) is 1.57. The van der Waals surface area contributed by atoms with Crippen molar-refractivity contribution in [3.63, 3.8) is 0 Å². The van der Waals surface area contributed by atoms with E-state index in [1.165, 1.54) is 0 Å². The number of aryl methyl sites for hydroxylation is 1. The lowest BCUT2D eigenvalue weighted by atomic mass is 10.0. The molecule has 0 unspecified atom stereocenters. The molecule has 0 bridgehead atoms. The highest BCUT2D eigenvalue weighted by molar-refractivity contribution is 6.14. The number of rotatable bonds is 6. The lowest BCUT2D eigenvalue weighted by Crippen LogP contribution is -2.06. The van der Waals surface area contributed by atoms with Crippen LogP contribution in [0.4, 0.5) is 0 Å². The van der Waals surface area contributed by atoms with Crippen molar-refractivity contribution in [3.8, 4) is 5.75 Å². The zero-order chi connectivity index (χ0) is 15.9. The molecule has 0 atom stereocenters. The van der Waals surface area contributed by atoms with Gasteiger partial charge in [0, 0.05) is 36.6 Å². The van der Waals surface area contributed by atoms with Gasteiger partial charge in [-0.25, -0.2) is 4.98 Å². The van der Waals surface area contributed by atoms with Crippen LogP contribution in [-0.4, -0.2) is 26.9 Å². The van der Waals surface area contributed by atoms with E-state index < -0.39 is 0 Å². The van der Waals surface area contributed by atoms with E-state index in [4.69, 9.17) is 4.99 Å². The van der Waals surface area contributed by atoms with Gasteiger partial charge in [-0.15, -0.1) is 0 Å². The number of imidazole rings is 1. The number of hydrogen-bond acceptors (Lipinski definition) is 3. The third-order valence-corrected chi connectivity index (χ3v) is 3.61. The minimum Gasteiger partial charge on any atom is -0.507 e. The van der Waals surface area contributed by atoms with Gasteiger partial charge in [0.2, 0.25) is 0 Å². The lowest BCUT2D eigenvalue weighted by molar-refractivity contribution is 0.474. The van der Waals surface area contributed by atoms with Crippen molar-refractivity contribution in [2.75, 3.05) is 6.54 Å². The SMILES string of the molecule is Oc1ccccc1C(=NCCCn1ccnc1)c1ccccc1. The van der Waals surface area contributed by atoms with Gasteiger partial charge in [0.15, 0.2) is 0 Å². The third kappa shape index (κ3) is 3.86. The lowest BCUT2D eigenvalue weighted by Gasteiger charge is -2.09. The Morgan fingerprint density at radius 2 is 1.83 bits per heavy atom. The Labute approximate surface area is 135 Å². The second-order valence-corrected chi connectivity index (χ2v) is 5.27. The average molecular weight is 305 g/mol. The van der Waals surface area contributed by atoms with Crippen molar-refractivity contribution in [1.82, 2.24) is 9.55 Å². The molecular weight excluding hydrogens is 286 g/mol. The Bertz CT molecular complexity index is 764. The van der Waals surface area contributed by atoms with Crippen LogP contribution in [0.3, 0.4) is 0 Å². The molecule has 0 fully saturated rings. The number of nitrogens with zero attached hydrogens (tertiary/aromatic N) is 3. The number of para-hydroxylation sites is 1. The Morgan fingerprint density at radius 1 is 1.04 bits per heavy atom. The van der Waals surface area contributed by atoms with E-state index in [2.05, 4.69) is 4.98 Å². The predicted octanol–water partition coefficient (Wildman–Crippen LogP) is 3.52. The van der Waals surface area contributed by atoms with Crippen LogP contribution in [0.1, 0.15) is 17.5 Å². The summed E-state index contributed by atoms with van der Waals surface area (Å²) >= 11 is 0. The van der Waals surface area contributed by atoms with E-state index in [0.717, 1.165) is 29.8 Å². The summed E-state index contributed by atoms with van der Waals surface area (Å²) < 4.78 is 2.04. The number of hydrogen-bond donors (Lipinski definition) is 1. The van der Waals surface area contributed by atoms with Crippen molar-refractivity contribution < 1.29 is 5.11 Å². The first-order valence-corrected chi connectivity index (χ1v) is 7.68. The Kier molecular flexibility index (Phi) is 4.84. The molecule has 3 aromatic rings. The molecule has 1 aromatic heterocycles. The molecule has 0 aliphatic rings. The topological polar surface area (TPSA) is 50.4 Å². The second-order valence-electron chi connectivity index (χ2n) is 5.27. The molecule has 23 heavy (non-hydrogen) atoms. The number of benzene rings is 2. The Balaban J connectivity index is 1.80. The standard InChI is InChI=1S/C19H19N3O/c23-18-10-5-4-9-17(18)19(16-7-2-1-3-8-16)21-11-6-13-22-14-12-20-15-22/h1-5,7-10,12,14-15,23H,6,11,13H2. The first kappa shape index (κ1) is 15.0. The zero-order valence-corrected chi connectivity index (χ0v) is 12.8. The van der Waals surface area contributed by atoms with Crippen LogP contribution in [-0.2, 0) is 6.54 Å². The molecule has 1 heterocycles. The Morgan fingerprint density at radius 3 is 2.57 bits per heavy atom. The summed E-state index contributed by atoms with van der Waals surface area (Å²) in [6, 6.07) is 17.3. The first-order valence-electron chi connectivity index (χ1n) is 7.68. The van der Waals surface area contributed by atoms with Gasteiger partial charge in [-0.3, -0.25) is 4.99 Å². The van der Waals surface area contributed by atoms with Gasteiger partial charge in [-0.05, 0) is 18.6 Å². The summed E-state index contributed by atoms with van der Waals surface area (Å²) in [7, 11) is 0. The van der Waals surface area contributed by atoms with Crippen molar-refractivity contribution in [3.05, 3.63) is 84.4 Å². The van der Waals surface area contributed by atoms with Crippen LogP contribution in [0.25, 0.3) is 0 Å². The van der Waals surface area contributed by atoms with E-state index in [1.54, 1.807) is 12.3 Å². The number of aromatic nitrogens is 2. The quantitative estimate of drug-likeness (QED) is 0.559. The fraction of sp³-hybridized carbons (Fsp3) is 0.158. The second kappa shape index (κ2) is 7.40. The molecule has 3 rings (SSSR count). The summed E-state index contributed by atoms with van der Waals surface area (Å²) in [5, 5.41) is 10.2. The molecule has 0 amide bonds. The molecule has 0 radical (unpaired) electrons. The highest BCUT2D eigenvalue weighted by atomic mass is 16.3. The fourth-order valence-electron chi connectivity index (χ4n) is 2.47. The van der Waals surface area contributed by atoms with Crippen LogP contribution in [0.15, 0.2) is 78.3 Å². The van der Waals surface area contributed by atoms with E-state index in [1.807, 2.05) is 65.6 Å². The normalized spacial score (nSPS) is 11.6. The molecule has 0 saturated heterocycles. The predicted molar refractivity (Wildman–Crippen MR) is 91.9 cm³/mol. The van der Waals surface area contributed by atoms with Crippen LogP contribution in [0.5, 0.6) is 5.75 Å². The zero-order valence-electron chi connectivity index (χ0n) is 12.8. The van der Waals surface area contributed by atoms with Crippen LogP contribution in [0, 0.1) is 0 Å². The molecule has 4 nitrogen and oxygen atoms in total. The maximum Gasteiger partial charge on any atom is 0.124 e. The minimum absolute atomic E-state index is 0.254. The highest BCUT2D eigenvalue weighted by Gasteiger charge is 2.10. The van der Waals surface area contributed by atoms with Gasteiger partial charge in [-0.1, -0.05) is 42.5 Å². The summed E-state index contributed by atoms with van der Waals surface area (Å²) in [5.74, 6) is 0.254. The van der Waals surface area contributed by atoms with Crippen LogP contribution < -0.4 is 0 Å². The van der Waals surface area contributed by atoms with E-state index in [-0.39, 0.29) is 5.75 Å². The summed E-state index contributed by atoms with van der Waals surface area (Å²) in [6.07, 6.45) is 6.46. The maximum absolute atomic E-state index is 10.2. The number of phenols is 1. The van der Waals surface area contributed by atoms with Gasteiger partial charge in [0.1, 0.15) is 5.75 Å². The monoisotopic (exact) mass is 305 g/mol. The van der Waals surface area contributed by atoms with Crippen molar-refractivity contribution in [1.29, 1.82) is 0 Å². The Hall–Kier alpha value is -2.88. The average Bonchev–Trinajstić information content (AvgIpc) is 3.10. The molecule has 0 saturated carbocycles. The van der Waals surface area contributed by atoms with E-state index >= 15 is 0 Å². The minimum atomic E-state index is 0.254. The van der Waals surface area contributed by atoms with E-state index in [9.17, 15) is 5.11 Å². The van der Waals surface area contributed by atoms with Crippen molar-refractivity contribution in [2.45, 2.75) is 13.0 Å². The van der Waals surface area contributed by atoms with Crippen molar-refractivity contribution in [2.24, 2.45) is 4.99 Å². The smallest absolute Gasteiger partial charge is 0.124 e. The van der Waals surface area contributed by atoms with Gasteiger partial charge in [0.25, 0.3) is 0 Å². The largest absolute Gasteiger partial charge is 0.507 e. The molecule has 116 valence electrons.